The molecule has 7 heteroatoms. The number of hydrogen-bond donors (Lipinski definition) is 1. The number of nitrogens with zero attached hydrogens (tertiary/aromatic N) is 1. The lowest BCUT2D eigenvalue weighted by Gasteiger charge is -2.09. The summed E-state index contributed by atoms with van der Waals surface area (Å²) in [5.74, 6) is 0.370. The van der Waals surface area contributed by atoms with Crippen molar-refractivity contribution in [2.75, 3.05) is 7.11 Å². The number of benzene rings is 2. The minimum atomic E-state index is -3.74. The molecule has 1 heterocycles. The van der Waals surface area contributed by atoms with Crippen molar-refractivity contribution < 1.29 is 17.9 Å². The van der Waals surface area contributed by atoms with E-state index < -0.39 is 9.84 Å². The van der Waals surface area contributed by atoms with Crippen LogP contribution < -0.4 is 10.1 Å². The Kier molecular flexibility index (Phi) is 5.98. The molecule has 1 N–H and O–H groups in total. The summed E-state index contributed by atoms with van der Waals surface area (Å²) < 4.78 is 30.7. The summed E-state index contributed by atoms with van der Waals surface area (Å²) in [6, 6.07) is 15.1. The number of carbonyl (C=O) groups excluding carboxylic acids is 1. The Morgan fingerprint density at radius 3 is 2.48 bits per heavy atom. The lowest BCUT2D eigenvalue weighted by molar-refractivity contribution is 0.0950. The van der Waals surface area contributed by atoms with Gasteiger partial charge in [-0.1, -0.05) is 18.2 Å². The number of sulfone groups is 1. The van der Waals surface area contributed by atoms with Gasteiger partial charge in [-0.2, -0.15) is 0 Å². The molecular formula is C22H22N2O4S. The maximum absolute atomic E-state index is 12.8. The fourth-order valence-corrected chi connectivity index (χ4v) is 4.00. The first-order valence-corrected chi connectivity index (χ1v) is 10.5. The Hall–Kier alpha value is -3.19. The molecule has 1 amide bonds. The van der Waals surface area contributed by atoms with E-state index in [4.69, 9.17) is 4.74 Å². The van der Waals surface area contributed by atoms with E-state index in [0.29, 0.717) is 12.3 Å². The summed E-state index contributed by atoms with van der Waals surface area (Å²) in [7, 11) is -2.16. The lowest BCUT2D eigenvalue weighted by Crippen LogP contribution is -2.23. The topological polar surface area (TPSA) is 85.4 Å². The summed E-state index contributed by atoms with van der Waals surface area (Å²) in [6.07, 6.45) is 1.27. The van der Waals surface area contributed by atoms with E-state index in [2.05, 4.69) is 10.3 Å². The van der Waals surface area contributed by atoms with Gasteiger partial charge in [0, 0.05) is 12.7 Å². The van der Waals surface area contributed by atoms with E-state index >= 15 is 0 Å². The molecule has 29 heavy (non-hydrogen) atoms. The highest BCUT2D eigenvalue weighted by atomic mass is 32.2. The van der Waals surface area contributed by atoms with E-state index in [1.807, 2.05) is 38.1 Å². The van der Waals surface area contributed by atoms with Crippen molar-refractivity contribution >= 4 is 15.7 Å². The van der Waals surface area contributed by atoms with Crippen LogP contribution >= 0.6 is 0 Å². The zero-order valence-corrected chi connectivity index (χ0v) is 17.3. The molecule has 0 radical (unpaired) electrons. The summed E-state index contributed by atoms with van der Waals surface area (Å²) in [5.41, 5.74) is 3.08. The Balaban J connectivity index is 1.73. The van der Waals surface area contributed by atoms with Gasteiger partial charge in [-0.25, -0.2) is 13.4 Å². The molecule has 3 aromatic rings. The van der Waals surface area contributed by atoms with Gasteiger partial charge in [0.25, 0.3) is 5.91 Å². The van der Waals surface area contributed by atoms with Crippen LogP contribution in [0.25, 0.3) is 0 Å². The number of hydrogen-bond acceptors (Lipinski definition) is 5. The third-order valence-corrected chi connectivity index (χ3v) is 6.32. The van der Waals surface area contributed by atoms with Gasteiger partial charge >= 0.3 is 0 Å². The van der Waals surface area contributed by atoms with Gasteiger partial charge in [-0.3, -0.25) is 4.79 Å². The van der Waals surface area contributed by atoms with Gasteiger partial charge in [0.05, 0.1) is 17.6 Å². The lowest BCUT2D eigenvalue weighted by atomic mass is 10.1. The van der Waals surface area contributed by atoms with Crippen molar-refractivity contribution in [3.05, 3.63) is 83.0 Å². The summed E-state index contributed by atoms with van der Waals surface area (Å²) >= 11 is 0. The number of pyridine rings is 1. The number of carbonyl (C=O) groups is 1. The average Bonchev–Trinajstić information content (AvgIpc) is 2.74. The molecule has 2 aromatic carbocycles. The fraction of sp³-hybridized carbons (Fsp3) is 0.182. The number of amides is 1. The largest absolute Gasteiger partial charge is 0.497 e. The minimum Gasteiger partial charge on any atom is -0.497 e. The van der Waals surface area contributed by atoms with Crippen molar-refractivity contribution in [3.8, 4) is 5.75 Å². The van der Waals surface area contributed by atoms with Gasteiger partial charge < -0.3 is 10.1 Å². The number of nitrogens with one attached hydrogen (secondary N) is 1. The molecule has 0 atom stereocenters. The zero-order valence-electron chi connectivity index (χ0n) is 16.5. The van der Waals surface area contributed by atoms with Crippen LogP contribution in [0.2, 0.25) is 0 Å². The number of rotatable bonds is 6. The molecule has 0 aliphatic carbocycles. The van der Waals surface area contributed by atoms with E-state index in [9.17, 15) is 13.2 Å². The highest BCUT2D eigenvalue weighted by molar-refractivity contribution is 7.91. The van der Waals surface area contributed by atoms with E-state index in [1.165, 1.54) is 18.3 Å². The number of aromatic nitrogens is 1. The molecule has 0 fully saturated rings. The second kappa shape index (κ2) is 8.45. The molecule has 0 aliphatic heterocycles. The van der Waals surface area contributed by atoms with Crippen LogP contribution in [0, 0.1) is 13.8 Å². The molecule has 0 bridgehead atoms. The predicted molar refractivity (Wildman–Crippen MR) is 110 cm³/mol. The van der Waals surface area contributed by atoms with Crippen molar-refractivity contribution in [1.29, 1.82) is 0 Å². The molecule has 0 unspecified atom stereocenters. The number of aryl methyl sites for hydroxylation is 2. The first-order chi connectivity index (χ1) is 13.8. The highest BCUT2D eigenvalue weighted by Gasteiger charge is 2.20. The van der Waals surface area contributed by atoms with Crippen LogP contribution in [-0.2, 0) is 16.4 Å². The molecule has 0 aliphatic rings. The van der Waals surface area contributed by atoms with Crippen LogP contribution in [0.4, 0.5) is 0 Å². The second-order valence-electron chi connectivity index (χ2n) is 6.67. The first-order valence-electron chi connectivity index (χ1n) is 9.01. The Bertz CT molecular complexity index is 1140. The average molecular weight is 410 g/mol. The standard InChI is InChI=1S/C22H22N2O4S/c1-15-7-9-20(11-16(15)2)29(26,27)21-10-8-18(14-23-21)22(25)24-13-17-5-4-6-19(12-17)28-3/h4-12,14H,13H2,1-3H3,(H,24,25). The van der Waals surface area contributed by atoms with Gasteiger partial charge in [0.15, 0.2) is 5.03 Å². The SMILES string of the molecule is COc1cccc(CNC(=O)c2ccc(S(=O)(=O)c3ccc(C)c(C)c3)nc2)c1. The van der Waals surface area contributed by atoms with Crippen LogP contribution in [0.5, 0.6) is 5.75 Å². The Morgan fingerprint density at radius 1 is 1.03 bits per heavy atom. The maximum atomic E-state index is 12.8. The Labute approximate surface area is 170 Å². The zero-order chi connectivity index (χ0) is 21.0. The monoisotopic (exact) mass is 410 g/mol. The highest BCUT2D eigenvalue weighted by Crippen LogP contribution is 2.21. The summed E-state index contributed by atoms with van der Waals surface area (Å²) in [6.45, 7) is 4.10. The van der Waals surface area contributed by atoms with E-state index in [-0.39, 0.29) is 21.4 Å². The molecule has 1 aromatic heterocycles. The molecular weight excluding hydrogens is 388 g/mol. The number of ether oxygens (including phenoxy) is 1. The van der Waals surface area contributed by atoms with Crippen LogP contribution in [0.15, 0.2) is 70.7 Å². The quantitative estimate of drug-likeness (QED) is 0.673. The molecule has 3 rings (SSSR count). The molecule has 150 valence electrons. The first kappa shape index (κ1) is 20.5. The predicted octanol–water partition coefficient (Wildman–Crippen LogP) is 3.47. The smallest absolute Gasteiger partial charge is 0.253 e. The normalized spacial score (nSPS) is 11.1. The van der Waals surface area contributed by atoms with E-state index in [1.54, 1.807) is 25.3 Å². The maximum Gasteiger partial charge on any atom is 0.253 e. The summed E-state index contributed by atoms with van der Waals surface area (Å²) in [4.78, 5) is 16.6. The van der Waals surface area contributed by atoms with E-state index in [0.717, 1.165) is 16.7 Å². The molecule has 0 saturated carbocycles. The van der Waals surface area contributed by atoms with Crippen molar-refractivity contribution in [2.24, 2.45) is 0 Å². The van der Waals surface area contributed by atoms with Crippen LogP contribution in [0.1, 0.15) is 27.0 Å². The van der Waals surface area contributed by atoms with Crippen LogP contribution in [-0.4, -0.2) is 26.4 Å². The second-order valence-corrected chi connectivity index (χ2v) is 8.57. The molecule has 0 spiro atoms. The van der Waals surface area contributed by atoms with Gasteiger partial charge in [0.1, 0.15) is 5.75 Å². The Morgan fingerprint density at radius 2 is 1.83 bits per heavy atom. The van der Waals surface area contributed by atoms with Gasteiger partial charge in [-0.05, 0) is 66.9 Å². The van der Waals surface area contributed by atoms with Gasteiger partial charge in [-0.15, -0.1) is 0 Å². The van der Waals surface area contributed by atoms with Crippen molar-refractivity contribution in [1.82, 2.24) is 10.3 Å². The molecule has 6 nitrogen and oxygen atoms in total. The third kappa shape index (κ3) is 4.63. The van der Waals surface area contributed by atoms with Gasteiger partial charge in [0.2, 0.25) is 9.84 Å². The summed E-state index contributed by atoms with van der Waals surface area (Å²) in [5, 5.41) is 2.69. The minimum absolute atomic E-state index is 0.0925. The van der Waals surface area contributed by atoms with Crippen molar-refractivity contribution in [2.45, 2.75) is 30.3 Å². The van der Waals surface area contributed by atoms with Crippen molar-refractivity contribution in [3.63, 3.8) is 0 Å². The number of methoxy groups -OCH3 is 1. The fourth-order valence-electron chi connectivity index (χ4n) is 2.74. The third-order valence-electron chi connectivity index (χ3n) is 4.65. The molecule has 0 saturated heterocycles. The van der Waals surface area contributed by atoms with Crippen LogP contribution in [0.3, 0.4) is 0 Å².